The lowest BCUT2D eigenvalue weighted by Crippen LogP contribution is -2.35. The van der Waals surface area contributed by atoms with Crippen LogP contribution >= 0.6 is 0 Å². The Bertz CT molecular complexity index is 662. The van der Waals surface area contributed by atoms with E-state index < -0.39 is 10.8 Å². The molecule has 1 N–H and O–H groups in total. The first-order valence-corrected chi connectivity index (χ1v) is 9.43. The molecular weight excluding hydrogens is 310 g/mol. The van der Waals surface area contributed by atoms with Crippen LogP contribution in [0.2, 0.25) is 0 Å². The highest BCUT2D eigenvalue weighted by molar-refractivity contribution is 7.84. The molecule has 2 aromatic rings. The van der Waals surface area contributed by atoms with Crippen LogP contribution in [0.25, 0.3) is 5.69 Å². The molecule has 0 aliphatic heterocycles. The molecule has 1 heterocycles. The third-order valence-corrected chi connectivity index (χ3v) is 5.28. The van der Waals surface area contributed by atoms with E-state index in [0.29, 0.717) is 5.75 Å². The van der Waals surface area contributed by atoms with Crippen LogP contribution in [-0.4, -0.2) is 31.7 Å². The number of nitrogens with one attached hydrogen (secondary N) is 1. The number of nitrogens with zero attached hydrogens (tertiary/aromatic N) is 2. The van der Waals surface area contributed by atoms with E-state index >= 15 is 0 Å². The molecule has 0 bridgehead atoms. The average Bonchev–Trinajstić information content (AvgIpc) is 3.20. The van der Waals surface area contributed by atoms with E-state index in [1.54, 1.807) is 10.9 Å². The number of amides is 1. The smallest absolute Gasteiger partial charge is 0.232 e. The van der Waals surface area contributed by atoms with Crippen LogP contribution in [0.4, 0.5) is 0 Å². The number of carbonyl (C=O) groups excluding carboxylic acids is 1. The van der Waals surface area contributed by atoms with Crippen LogP contribution in [0.1, 0.15) is 31.2 Å². The molecule has 5 nitrogen and oxygen atoms in total. The lowest BCUT2D eigenvalue weighted by Gasteiger charge is -2.11. The van der Waals surface area contributed by atoms with Crippen molar-refractivity contribution in [3.05, 3.63) is 48.3 Å². The van der Waals surface area contributed by atoms with Gasteiger partial charge in [0.25, 0.3) is 0 Å². The molecular formula is C17H21N3O2S. The van der Waals surface area contributed by atoms with Gasteiger partial charge in [0.1, 0.15) is 5.75 Å². The molecule has 1 aliphatic carbocycles. The van der Waals surface area contributed by atoms with Crippen LogP contribution in [0, 0.1) is 0 Å². The summed E-state index contributed by atoms with van der Waals surface area (Å²) in [6.07, 6.45) is 8.06. The van der Waals surface area contributed by atoms with Crippen LogP contribution in [0.3, 0.4) is 0 Å². The molecule has 1 saturated carbocycles. The molecule has 0 spiro atoms. The lowest BCUT2D eigenvalue weighted by molar-refractivity contribution is -0.119. The third kappa shape index (κ3) is 4.51. The summed E-state index contributed by atoms with van der Waals surface area (Å²) in [7, 11) is -1.18. The Kier molecular flexibility index (Phi) is 5.23. The van der Waals surface area contributed by atoms with E-state index in [-0.39, 0.29) is 17.7 Å². The van der Waals surface area contributed by atoms with Crippen molar-refractivity contribution in [2.75, 3.05) is 5.75 Å². The fourth-order valence-electron chi connectivity index (χ4n) is 2.89. The third-order valence-electron chi connectivity index (χ3n) is 4.05. The van der Waals surface area contributed by atoms with Gasteiger partial charge in [0.05, 0.1) is 5.69 Å². The first-order valence-electron chi connectivity index (χ1n) is 7.94. The highest BCUT2D eigenvalue weighted by Crippen LogP contribution is 2.17. The maximum absolute atomic E-state index is 12.1. The first-order chi connectivity index (χ1) is 11.2. The van der Waals surface area contributed by atoms with Crippen molar-refractivity contribution in [1.29, 1.82) is 0 Å². The van der Waals surface area contributed by atoms with Gasteiger partial charge in [0.2, 0.25) is 5.91 Å². The summed E-state index contributed by atoms with van der Waals surface area (Å²) in [6, 6.07) is 9.91. The van der Waals surface area contributed by atoms with E-state index in [2.05, 4.69) is 10.4 Å². The minimum absolute atomic E-state index is 0.0808. The topological polar surface area (TPSA) is 64.0 Å². The van der Waals surface area contributed by atoms with Crippen molar-refractivity contribution in [1.82, 2.24) is 15.1 Å². The first kappa shape index (κ1) is 15.9. The minimum atomic E-state index is -1.18. The molecule has 1 amide bonds. The normalized spacial score (nSPS) is 16.3. The Hall–Kier alpha value is -1.95. The van der Waals surface area contributed by atoms with Gasteiger partial charge in [-0.25, -0.2) is 4.68 Å². The zero-order valence-corrected chi connectivity index (χ0v) is 13.8. The molecule has 0 unspecified atom stereocenters. The second-order valence-electron chi connectivity index (χ2n) is 5.89. The standard InChI is InChI=1S/C17H21N3O2S/c21-17(19-15-4-1-2-5-15)13-23(22)12-14-6-8-16(9-7-14)20-11-3-10-18-20/h3,6-11,15H,1-2,4-5,12-13H2,(H,19,21)/t23-/m0/s1. The summed E-state index contributed by atoms with van der Waals surface area (Å²) in [6.45, 7) is 0. The predicted molar refractivity (Wildman–Crippen MR) is 90.7 cm³/mol. The zero-order valence-electron chi connectivity index (χ0n) is 13.0. The van der Waals surface area contributed by atoms with Gasteiger partial charge in [-0.15, -0.1) is 0 Å². The van der Waals surface area contributed by atoms with Gasteiger partial charge in [-0.2, -0.15) is 5.10 Å². The molecule has 1 aliphatic rings. The van der Waals surface area contributed by atoms with Gasteiger partial charge in [0, 0.05) is 35.0 Å². The summed E-state index contributed by atoms with van der Waals surface area (Å²) in [5, 5.41) is 7.15. The Morgan fingerprint density at radius 3 is 2.65 bits per heavy atom. The lowest BCUT2D eigenvalue weighted by atomic mass is 10.2. The number of benzene rings is 1. The van der Waals surface area contributed by atoms with Gasteiger partial charge in [-0.1, -0.05) is 25.0 Å². The van der Waals surface area contributed by atoms with E-state index in [1.807, 2.05) is 36.5 Å². The van der Waals surface area contributed by atoms with Gasteiger partial charge in [-0.3, -0.25) is 9.00 Å². The second-order valence-corrected chi connectivity index (χ2v) is 7.35. The zero-order chi connectivity index (χ0) is 16.1. The van der Waals surface area contributed by atoms with Crippen LogP contribution < -0.4 is 5.32 Å². The highest BCUT2D eigenvalue weighted by Gasteiger charge is 2.18. The molecule has 0 radical (unpaired) electrons. The van der Waals surface area contributed by atoms with E-state index in [4.69, 9.17) is 0 Å². The second kappa shape index (κ2) is 7.55. The Morgan fingerprint density at radius 1 is 1.26 bits per heavy atom. The van der Waals surface area contributed by atoms with Crippen molar-refractivity contribution in [2.24, 2.45) is 0 Å². The Balaban J connectivity index is 1.50. The molecule has 6 heteroatoms. The monoisotopic (exact) mass is 331 g/mol. The van der Waals surface area contributed by atoms with Gasteiger partial charge in [0.15, 0.2) is 0 Å². The molecule has 23 heavy (non-hydrogen) atoms. The molecule has 122 valence electrons. The SMILES string of the molecule is O=C(C[S@@](=O)Cc1ccc(-n2cccn2)cc1)NC1CCCC1. The summed E-state index contributed by atoms with van der Waals surface area (Å²) >= 11 is 0. The minimum Gasteiger partial charge on any atom is -0.353 e. The quantitative estimate of drug-likeness (QED) is 0.882. The van der Waals surface area contributed by atoms with E-state index in [9.17, 15) is 9.00 Å². The maximum Gasteiger partial charge on any atom is 0.232 e. The van der Waals surface area contributed by atoms with Gasteiger partial charge >= 0.3 is 0 Å². The fourth-order valence-corrected chi connectivity index (χ4v) is 3.93. The fraction of sp³-hybridized carbons (Fsp3) is 0.412. The number of hydrogen-bond donors (Lipinski definition) is 1. The highest BCUT2D eigenvalue weighted by atomic mass is 32.2. The van der Waals surface area contributed by atoms with Crippen LogP contribution in [0.15, 0.2) is 42.7 Å². The summed E-state index contributed by atoms with van der Waals surface area (Å²) in [5.74, 6) is 0.387. The summed E-state index contributed by atoms with van der Waals surface area (Å²) in [5.41, 5.74) is 1.93. The molecule has 0 saturated heterocycles. The Morgan fingerprint density at radius 2 is 2.00 bits per heavy atom. The molecule has 1 fully saturated rings. The van der Waals surface area contributed by atoms with E-state index in [0.717, 1.165) is 24.1 Å². The molecule has 1 atom stereocenters. The summed E-state index contributed by atoms with van der Waals surface area (Å²) in [4.78, 5) is 11.9. The number of carbonyl (C=O) groups is 1. The van der Waals surface area contributed by atoms with Crippen LogP contribution in [-0.2, 0) is 21.3 Å². The molecule has 1 aromatic carbocycles. The van der Waals surface area contributed by atoms with Gasteiger partial charge < -0.3 is 5.32 Å². The average molecular weight is 331 g/mol. The van der Waals surface area contributed by atoms with Crippen molar-refractivity contribution in [2.45, 2.75) is 37.5 Å². The van der Waals surface area contributed by atoms with Crippen molar-refractivity contribution in [3.63, 3.8) is 0 Å². The number of aromatic nitrogens is 2. The Labute approximate surface area is 138 Å². The largest absolute Gasteiger partial charge is 0.353 e. The van der Waals surface area contributed by atoms with Crippen molar-refractivity contribution in [3.8, 4) is 5.69 Å². The van der Waals surface area contributed by atoms with E-state index in [1.165, 1.54) is 12.8 Å². The summed E-state index contributed by atoms with van der Waals surface area (Å²) < 4.78 is 13.9. The molecule has 3 rings (SSSR count). The van der Waals surface area contributed by atoms with Crippen molar-refractivity contribution < 1.29 is 9.00 Å². The maximum atomic E-state index is 12.1. The number of rotatable bonds is 6. The predicted octanol–water partition coefficient (Wildman–Crippen LogP) is 2.18. The van der Waals surface area contributed by atoms with Gasteiger partial charge in [-0.05, 0) is 36.6 Å². The van der Waals surface area contributed by atoms with Crippen molar-refractivity contribution >= 4 is 16.7 Å². The van der Waals surface area contributed by atoms with Crippen LogP contribution in [0.5, 0.6) is 0 Å². The number of hydrogen-bond acceptors (Lipinski definition) is 3. The molecule has 1 aromatic heterocycles.